The van der Waals surface area contributed by atoms with Gasteiger partial charge in [0.15, 0.2) is 0 Å². The number of hydrogen-bond donors (Lipinski definition) is 1. The standard InChI is InChI=1S/C10H12BrNO/c1-8(13)6-12-7-9-2-4-10(11)5-3-9/h2-5,12H,6-7H2,1H3. The molecular weight excluding hydrogens is 230 g/mol. The Morgan fingerprint density at radius 3 is 2.54 bits per heavy atom. The minimum atomic E-state index is 0.164. The van der Waals surface area contributed by atoms with Crippen LogP contribution < -0.4 is 5.32 Å². The molecule has 13 heavy (non-hydrogen) atoms. The number of ketones is 1. The van der Waals surface area contributed by atoms with Gasteiger partial charge >= 0.3 is 0 Å². The van der Waals surface area contributed by atoms with Gasteiger partial charge in [-0.3, -0.25) is 4.79 Å². The molecule has 2 nitrogen and oxygen atoms in total. The maximum Gasteiger partial charge on any atom is 0.143 e. The lowest BCUT2D eigenvalue weighted by Gasteiger charge is -2.02. The van der Waals surface area contributed by atoms with Crippen LogP contribution >= 0.6 is 15.9 Å². The maximum absolute atomic E-state index is 10.6. The average Bonchev–Trinajstić information content (AvgIpc) is 2.08. The van der Waals surface area contributed by atoms with E-state index in [1.54, 1.807) is 6.92 Å². The van der Waals surface area contributed by atoms with Crippen LogP contribution in [-0.2, 0) is 11.3 Å². The largest absolute Gasteiger partial charge is 0.306 e. The lowest BCUT2D eigenvalue weighted by molar-refractivity contribution is -0.116. The second-order valence-corrected chi connectivity index (χ2v) is 3.85. The molecule has 0 bridgehead atoms. The number of rotatable bonds is 4. The molecule has 0 aliphatic carbocycles. The van der Waals surface area contributed by atoms with Crippen molar-refractivity contribution in [2.24, 2.45) is 0 Å². The van der Waals surface area contributed by atoms with Gasteiger partial charge in [-0.1, -0.05) is 28.1 Å². The fourth-order valence-corrected chi connectivity index (χ4v) is 1.25. The average molecular weight is 242 g/mol. The third-order valence-electron chi connectivity index (χ3n) is 1.62. The van der Waals surface area contributed by atoms with E-state index < -0.39 is 0 Å². The molecule has 1 aromatic rings. The van der Waals surface area contributed by atoms with Crippen LogP contribution in [0.15, 0.2) is 28.7 Å². The summed E-state index contributed by atoms with van der Waals surface area (Å²) >= 11 is 3.36. The van der Waals surface area contributed by atoms with E-state index in [4.69, 9.17) is 0 Å². The van der Waals surface area contributed by atoms with E-state index in [1.807, 2.05) is 24.3 Å². The molecule has 0 aliphatic rings. The van der Waals surface area contributed by atoms with Crippen LogP contribution in [0, 0.1) is 0 Å². The van der Waals surface area contributed by atoms with Gasteiger partial charge in [0.1, 0.15) is 5.78 Å². The zero-order valence-corrected chi connectivity index (χ0v) is 9.10. The van der Waals surface area contributed by atoms with E-state index in [9.17, 15) is 4.79 Å². The van der Waals surface area contributed by atoms with Gasteiger partial charge in [0.05, 0.1) is 6.54 Å². The highest BCUT2D eigenvalue weighted by molar-refractivity contribution is 9.10. The zero-order chi connectivity index (χ0) is 9.68. The van der Waals surface area contributed by atoms with Crippen LogP contribution in [0.1, 0.15) is 12.5 Å². The smallest absolute Gasteiger partial charge is 0.143 e. The molecule has 1 N–H and O–H groups in total. The molecule has 3 heteroatoms. The van der Waals surface area contributed by atoms with E-state index in [1.165, 1.54) is 5.56 Å². The molecule has 0 unspecified atom stereocenters. The first kappa shape index (κ1) is 10.4. The van der Waals surface area contributed by atoms with Crippen LogP contribution in [0.2, 0.25) is 0 Å². The van der Waals surface area contributed by atoms with Crippen molar-refractivity contribution in [1.29, 1.82) is 0 Å². The first-order valence-electron chi connectivity index (χ1n) is 4.13. The van der Waals surface area contributed by atoms with Gasteiger partial charge in [0.25, 0.3) is 0 Å². The number of hydrogen-bond acceptors (Lipinski definition) is 2. The van der Waals surface area contributed by atoms with Gasteiger partial charge < -0.3 is 5.32 Å². The SMILES string of the molecule is CC(=O)CNCc1ccc(Br)cc1. The van der Waals surface area contributed by atoms with Crippen LogP contribution in [0.25, 0.3) is 0 Å². The Hall–Kier alpha value is -0.670. The summed E-state index contributed by atoms with van der Waals surface area (Å²) in [6, 6.07) is 8.03. The van der Waals surface area contributed by atoms with Crippen molar-refractivity contribution in [2.75, 3.05) is 6.54 Å². The number of Topliss-reactive ketones (excluding diaryl/α,β-unsaturated/α-hetero) is 1. The van der Waals surface area contributed by atoms with Crippen molar-refractivity contribution in [3.05, 3.63) is 34.3 Å². The number of benzene rings is 1. The van der Waals surface area contributed by atoms with E-state index in [2.05, 4.69) is 21.2 Å². The van der Waals surface area contributed by atoms with Crippen molar-refractivity contribution in [3.8, 4) is 0 Å². The monoisotopic (exact) mass is 241 g/mol. The van der Waals surface area contributed by atoms with E-state index in [-0.39, 0.29) is 5.78 Å². The Kier molecular flexibility index (Phi) is 4.12. The second-order valence-electron chi connectivity index (χ2n) is 2.93. The van der Waals surface area contributed by atoms with Gasteiger partial charge in [0.2, 0.25) is 0 Å². The molecule has 0 spiro atoms. The van der Waals surface area contributed by atoms with Crippen molar-refractivity contribution in [2.45, 2.75) is 13.5 Å². The summed E-state index contributed by atoms with van der Waals surface area (Å²) in [5.74, 6) is 0.164. The lowest BCUT2D eigenvalue weighted by atomic mass is 10.2. The molecule has 0 fully saturated rings. The highest BCUT2D eigenvalue weighted by atomic mass is 79.9. The summed E-state index contributed by atoms with van der Waals surface area (Å²) < 4.78 is 1.07. The lowest BCUT2D eigenvalue weighted by Crippen LogP contribution is -2.20. The van der Waals surface area contributed by atoms with Crippen LogP contribution in [0.5, 0.6) is 0 Å². The molecular formula is C10H12BrNO. The first-order chi connectivity index (χ1) is 6.18. The minimum Gasteiger partial charge on any atom is -0.306 e. The third kappa shape index (κ3) is 4.20. The number of carbonyl (C=O) groups is 1. The molecule has 1 rings (SSSR count). The summed E-state index contributed by atoms with van der Waals surface area (Å²) in [6.45, 7) is 2.76. The van der Waals surface area contributed by atoms with Gasteiger partial charge in [0, 0.05) is 11.0 Å². The van der Waals surface area contributed by atoms with Crippen LogP contribution in [0.3, 0.4) is 0 Å². The molecule has 0 amide bonds. The zero-order valence-electron chi connectivity index (χ0n) is 7.51. The quantitative estimate of drug-likeness (QED) is 0.876. The molecule has 0 heterocycles. The second kappa shape index (κ2) is 5.14. The summed E-state index contributed by atoms with van der Waals surface area (Å²) in [7, 11) is 0. The Morgan fingerprint density at radius 1 is 1.38 bits per heavy atom. The number of carbonyl (C=O) groups excluding carboxylic acids is 1. The Morgan fingerprint density at radius 2 is 2.00 bits per heavy atom. The summed E-state index contributed by atoms with van der Waals surface area (Å²) in [5, 5.41) is 3.06. The van der Waals surface area contributed by atoms with Gasteiger partial charge in [-0.2, -0.15) is 0 Å². The van der Waals surface area contributed by atoms with Gasteiger partial charge in [-0.15, -0.1) is 0 Å². The summed E-state index contributed by atoms with van der Waals surface area (Å²) in [6.07, 6.45) is 0. The highest BCUT2D eigenvalue weighted by Gasteiger charge is 1.94. The Labute approximate surface area is 86.5 Å². The Bertz CT molecular complexity index is 281. The fraction of sp³-hybridized carbons (Fsp3) is 0.300. The topological polar surface area (TPSA) is 29.1 Å². The van der Waals surface area contributed by atoms with Crippen molar-refractivity contribution < 1.29 is 4.79 Å². The van der Waals surface area contributed by atoms with E-state index in [0.29, 0.717) is 6.54 Å². The van der Waals surface area contributed by atoms with E-state index in [0.717, 1.165) is 11.0 Å². The summed E-state index contributed by atoms with van der Waals surface area (Å²) in [4.78, 5) is 10.6. The molecule has 0 radical (unpaired) electrons. The molecule has 0 atom stereocenters. The van der Waals surface area contributed by atoms with Crippen molar-refractivity contribution >= 4 is 21.7 Å². The highest BCUT2D eigenvalue weighted by Crippen LogP contribution is 2.09. The molecule has 0 aromatic heterocycles. The molecule has 0 aliphatic heterocycles. The molecule has 70 valence electrons. The predicted molar refractivity (Wildman–Crippen MR) is 56.5 cm³/mol. The third-order valence-corrected chi connectivity index (χ3v) is 2.14. The predicted octanol–water partition coefficient (Wildman–Crippen LogP) is 2.13. The fourth-order valence-electron chi connectivity index (χ4n) is 0.985. The van der Waals surface area contributed by atoms with Crippen molar-refractivity contribution in [1.82, 2.24) is 5.32 Å². The normalized spacial score (nSPS) is 10.0. The number of nitrogens with one attached hydrogen (secondary N) is 1. The van der Waals surface area contributed by atoms with Crippen LogP contribution in [-0.4, -0.2) is 12.3 Å². The molecule has 0 saturated heterocycles. The van der Waals surface area contributed by atoms with Gasteiger partial charge in [-0.25, -0.2) is 0 Å². The summed E-state index contributed by atoms with van der Waals surface area (Å²) in [5.41, 5.74) is 1.18. The number of halogens is 1. The molecule has 1 aromatic carbocycles. The Balaban J connectivity index is 2.37. The van der Waals surface area contributed by atoms with Crippen molar-refractivity contribution in [3.63, 3.8) is 0 Å². The molecule has 0 saturated carbocycles. The first-order valence-corrected chi connectivity index (χ1v) is 4.92. The van der Waals surface area contributed by atoms with Crippen LogP contribution in [0.4, 0.5) is 0 Å². The maximum atomic E-state index is 10.6. The minimum absolute atomic E-state index is 0.164. The van der Waals surface area contributed by atoms with Gasteiger partial charge in [-0.05, 0) is 24.6 Å². The van der Waals surface area contributed by atoms with E-state index >= 15 is 0 Å².